The Bertz CT molecular complexity index is 1060. The van der Waals surface area contributed by atoms with Gasteiger partial charge in [0.05, 0.1) is 11.7 Å². The quantitative estimate of drug-likeness (QED) is 0.654. The summed E-state index contributed by atoms with van der Waals surface area (Å²) < 4.78 is 0. The van der Waals surface area contributed by atoms with E-state index in [1.54, 1.807) is 29.2 Å². The number of carbonyl (C=O) groups is 2. The maximum Gasteiger partial charge on any atom is 0.332 e. The molecule has 2 aliphatic rings. The molecule has 5 rings (SSSR count). The molecule has 26 heavy (non-hydrogen) atoms. The van der Waals surface area contributed by atoms with Crippen molar-refractivity contribution in [2.24, 2.45) is 0 Å². The van der Waals surface area contributed by atoms with E-state index >= 15 is 0 Å². The third-order valence-electron chi connectivity index (χ3n) is 5.42. The zero-order valence-corrected chi connectivity index (χ0v) is 14.8. The predicted molar refractivity (Wildman–Crippen MR) is 100 cm³/mol. The molecule has 0 unspecified atom stereocenters. The van der Waals surface area contributed by atoms with Gasteiger partial charge in [0.25, 0.3) is 5.91 Å². The SMILES string of the molecule is C[C@H]1c2[nH]c3ccccc3c2C[C@H]2C(=O)N(c3ccc(Cl)cc3)C(=O)N21. The third-order valence-corrected chi connectivity index (χ3v) is 5.67. The van der Waals surface area contributed by atoms with Gasteiger partial charge in [-0.15, -0.1) is 0 Å². The second-order valence-corrected chi connectivity index (χ2v) is 7.24. The zero-order valence-electron chi connectivity index (χ0n) is 14.1. The third kappa shape index (κ3) is 1.98. The van der Waals surface area contributed by atoms with Crippen LogP contribution in [0.15, 0.2) is 48.5 Å². The summed E-state index contributed by atoms with van der Waals surface area (Å²) in [6.45, 7) is 1.97. The van der Waals surface area contributed by atoms with Crippen molar-refractivity contribution in [3.8, 4) is 0 Å². The lowest BCUT2D eigenvalue weighted by molar-refractivity contribution is -0.120. The van der Waals surface area contributed by atoms with Crippen LogP contribution in [0.4, 0.5) is 10.5 Å². The zero-order chi connectivity index (χ0) is 18.0. The van der Waals surface area contributed by atoms with E-state index in [0.717, 1.165) is 22.2 Å². The number of para-hydroxylation sites is 1. The molecule has 0 aliphatic carbocycles. The number of carbonyl (C=O) groups excluding carboxylic acids is 2. The summed E-state index contributed by atoms with van der Waals surface area (Å²) in [6.07, 6.45) is 0.526. The summed E-state index contributed by atoms with van der Waals surface area (Å²) in [4.78, 5) is 32.5. The number of H-pyrrole nitrogens is 1. The molecule has 1 fully saturated rings. The Morgan fingerprint density at radius 3 is 2.58 bits per heavy atom. The van der Waals surface area contributed by atoms with Crippen LogP contribution in [-0.4, -0.2) is 27.9 Å². The molecule has 1 N–H and O–H groups in total. The van der Waals surface area contributed by atoms with Crippen molar-refractivity contribution in [2.75, 3.05) is 4.90 Å². The molecule has 0 bridgehead atoms. The number of hydrogen-bond donors (Lipinski definition) is 1. The van der Waals surface area contributed by atoms with Crippen LogP contribution in [-0.2, 0) is 11.2 Å². The highest BCUT2D eigenvalue weighted by Gasteiger charge is 2.51. The molecular formula is C20H16ClN3O2. The summed E-state index contributed by atoms with van der Waals surface area (Å²) >= 11 is 5.93. The Labute approximate surface area is 155 Å². The predicted octanol–water partition coefficient (Wildman–Crippen LogP) is 4.28. The summed E-state index contributed by atoms with van der Waals surface area (Å²) in [5.41, 5.74) is 3.74. The standard InChI is InChI=1S/C20H16ClN3O2/c1-11-18-15(14-4-2-3-5-16(14)22-18)10-17-19(25)24(20(26)23(11)17)13-8-6-12(21)7-9-13/h2-9,11,17,22H,10H2,1H3/t11-,17-/m0/s1. The number of urea groups is 1. The van der Waals surface area contributed by atoms with Crippen LogP contribution in [0.25, 0.3) is 10.9 Å². The van der Waals surface area contributed by atoms with E-state index in [4.69, 9.17) is 11.6 Å². The van der Waals surface area contributed by atoms with E-state index in [2.05, 4.69) is 11.1 Å². The molecule has 3 heterocycles. The number of rotatable bonds is 1. The molecular weight excluding hydrogens is 350 g/mol. The van der Waals surface area contributed by atoms with Crippen LogP contribution in [0.5, 0.6) is 0 Å². The lowest BCUT2D eigenvalue weighted by atomic mass is 9.93. The number of aromatic nitrogens is 1. The van der Waals surface area contributed by atoms with Crippen molar-refractivity contribution in [2.45, 2.75) is 25.4 Å². The van der Waals surface area contributed by atoms with Gasteiger partial charge in [0.1, 0.15) is 6.04 Å². The van der Waals surface area contributed by atoms with Gasteiger partial charge in [-0.1, -0.05) is 29.8 Å². The van der Waals surface area contributed by atoms with Gasteiger partial charge >= 0.3 is 6.03 Å². The maximum absolute atomic E-state index is 13.1. The molecule has 0 spiro atoms. The molecule has 0 radical (unpaired) electrons. The summed E-state index contributed by atoms with van der Waals surface area (Å²) in [5, 5.41) is 1.69. The average Bonchev–Trinajstić information content (AvgIpc) is 3.13. The normalized spacial score (nSPS) is 22.1. The second-order valence-electron chi connectivity index (χ2n) is 6.80. The van der Waals surface area contributed by atoms with Gasteiger partial charge in [0, 0.05) is 28.0 Å². The Morgan fingerprint density at radius 1 is 1.08 bits per heavy atom. The Balaban J connectivity index is 1.60. The fourth-order valence-electron chi connectivity index (χ4n) is 4.19. The monoisotopic (exact) mass is 365 g/mol. The van der Waals surface area contributed by atoms with Gasteiger partial charge in [-0.3, -0.25) is 4.79 Å². The smallest absolute Gasteiger partial charge is 0.332 e. The molecule has 130 valence electrons. The molecule has 2 aliphatic heterocycles. The summed E-state index contributed by atoms with van der Waals surface area (Å²) in [6, 6.07) is 13.9. The van der Waals surface area contributed by atoms with E-state index in [1.807, 2.05) is 25.1 Å². The largest absolute Gasteiger partial charge is 0.356 e. The number of anilines is 1. The van der Waals surface area contributed by atoms with Crippen molar-refractivity contribution in [1.82, 2.24) is 9.88 Å². The number of aromatic amines is 1. The molecule has 1 saturated heterocycles. The van der Waals surface area contributed by atoms with E-state index in [0.29, 0.717) is 17.1 Å². The fraction of sp³-hybridized carbons (Fsp3) is 0.200. The Kier molecular flexibility index (Phi) is 3.18. The van der Waals surface area contributed by atoms with Crippen LogP contribution >= 0.6 is 11.6 Å². The van der Waals surface area contributed by atoms with Gasteiger partial charge in [-0.2, -0.15) is 0 Å². The molecule has 3 aromatic rings. The van der Waals surface area contributed by atoms with Crippen molar-refractivity contribution < 1.29 is 9.59 Å². The van der Waals surface area contributed by atoms with Crippen LogP contribution in [0.1, 0.15) is 24.2 Å². The van der Waals surface area contributed by atoms with Crippen LogP contribution in [0.3, 0.4) is 0 Å². The lowest BCUT2D eigenvalue weighted by Crippen LogP contribution is -2.42. The van der Waals surface area contributed by atoms with Crippen LogP contribution in [0, 0.1) is 0 Å². The van der Waals surface area contributed by atoms with Crippen molar-refractivity contribution in [3.63, 3.8) is 0 Å². The highest BCUT2D eigenvalue weighted by atomic mass is 35.5. The van der Waals surface area contributed by atoms with Gasteiger partial charge in [-0.05, 0) is 42.8 Å². The van der Waals surface area contributed by atoms with E-state index in [9.17, 15) is 9.59 Å². The minimum absolute atomic E-state index is 0.180. The molecule has 2 atom stereocenters. The topological polar surface area (TPSA) is 56.4 Å². The Morgan fingerprint density at radius 2 is 1.81 bits per heavy atom. The van der Waals surface area contributed by atoms with Crippen LogP contribution in [0.2, 0.25) is 5.02 Å². The first-order valence-corrected chi connectivity index (χ1v) is 8.95. The van der Waals surface area contributed by atoms with E-state index < -0.39 is 6.04 Å². The highest BCUT2D eigenvalue weighted by Crippen LogP contribution is 2.41. The molecule has 6 heteroatoms. The number of nitrogens with one attached hydrogen (secondary N) is 1. The number of hydrogen-bond acceptors (Lipinski definition) is 2. The molecule has 2 aromatic carbocycles. The van der Waals surface area contributed by atoms with Crippen molar-refractivity contribution in [3.05, 3.63) is 64.8 Å². The maximum atomic E-state index is 13.1. The second kappa shape index (κ2) is 5.35. The fourth-order valence-corrected chi connectivity index (χ4v) is 4.32. The van der Waals surface area contributed by atoms with E-state index in [1.165, 1.54) is 4.90 Å². The van der Waals surface area contributed by atoms with Crippen molar-refractivity contribution in [1.29, 1.82) is 0 Å². The van der Waals surface area contributed by atoms with Gasteiger partial charge < -0.3 is 9.88 Å². The summed E-state index contributed by atoms with van der Waals surface area (Å²) in [5.74, 6) is -0.180. The number of fused-ring (bicyclic) bond motifs is 4. The summed E-state index contributed by atoms with van der Waals surface area (Å²) in [7, 11) is 0. The number of imide groups is 1. The molecule has 0 saturated carbocycles. The van der Waals surface area contributed by atoms with Gasteiger partial charge in [-0.25, -0.2) is 9.69 Å². The molecule has 3 amide bonds. The molecule has 5 nitrogen and oxygen atoms in total. The first-order chi connectivity index (χ1) is 12.6. The first kappa shape index (κ1) is 15.5. The highest BCUT2D eigenvalue weighted by molar-refractivity contribution is 6.30. The van der Waals surface area contributed by atoms with Gasteiger partial charge in [0.15, 0.2) is 0 Å². The van der Waals surface area contributed by atoms with Crippen molar-refractivity contribution >= 4 is 40.1 Å². The number of nitrogens with zero attached hydrogens (tertiary/aromatic N) is 2. The minimum Gasteiger partial charge on any atom is -0.356 e. The number of halogens is 1. The number of benzene rings is 2. The average molecular weight is 366 g/mol. The Hall–Kier alpha value is -2.79. The van der Waals surface area contributed by atoms with E-state index in [-0.39, 0.29) is 18.0 Å². The minimum atomic E-state index is -0.472. The number of amides is 3. The van der Waals surface area contributed by atoms with Crippen LogP contribution < -0.4 is 4.90 Å². The molecule has 1 aromatic heterocycles. The lowest BCUT2D eigenvalue weighted by Gasteiger charge is -2.33. The van der Waals surface area contributed by atoms with Gasteiger partial charge in [0.2, 0.25) is 0 Å². The first-order valence-electron chi connectivity index (χ1n) is 8.57.